The lowest BCUT2D eigenvalue weighted by molar-refractivity contribution is -0.991. The quantitative estimate of drug-likeness (QED) is 0.341. The number of carbonyl (C=O) groups excluding carboxylic acids is 1. The van der Waals surface area contributed by atoms with Gasteiger partial charge in [0.25, 0.3) is 5.91 Å². The van der Waals surface area contributed by atoms with E-state index in [1.807, 2.05) is 0 Å². The fourth-order valence-electron chi connectivity index (χ4n) is 4.27. The molecule has 3 N–H and O–H groups in total. The first-order valence-electron chi connectivity index (χ1n) is 9.83. The predicted molar refractivity (Wildman–Crippen MR) is 112 cm³/mol. The molecule has 2 heterocycles. The molecule has 1 amide bonds. The number of ether oxygens (including phenoxy) is 1. The Morgan fingerprint density at radius 2 is 2.00 bits per heavy atom. The van der Waals surface area contributed by atoms with Gasteiger partial charge in [0.15, 0.2) is 11.9 Å². The fourth-order valence-corrected chi connectivity index (χ4v) is 4.63. The lowest BCUT2D eigenvalue weighted by Crippen LogP contribution is -2.99. The average Bonchev–Trinajstić information content (AvgIpc) is 2.70. The van der Waals surface area contributed by atoms with E-state index in [1.165, 1.54) is 25.0 Å². The van der Waals surface area contributed by atoms with Crippen LogP contribution in [0.25, 0.3) is 0 Å². The Bertz CT molecular complexity index is 700. The highest BCUT2D eigenvalue weighted by atomic mass is 35.6. The highest BCUT2D eigenvalue weighted by Crippen LogP contribution is 2.34. The van der Waals surface area contributed by atoms with Gasteiger partial charge in [-0.25, -0.2) is 5.21 Å². The molecule has 0 aromatic heterocycles. The summed E-state index contributed by atoms with van der Waals surface area (Å²) < 4.78 is 3.99. The maximum absolute atomic E-state index is 12.7. The van der Waals surface area contributed by atoms with Crippen molar-refractivity contribution < 1.29 is 20.0 Å². The highest BCUT2D eigenvalue weighted by molar-refractivity contribution is 6.68. The molecule has 0 bridgehead atoms. The predicted octanol–water partition coefficient (Wildman–Crippen LogP) is 2.80. The highest BCUT2D eigenvalue weighted by Gasteiger charge is 2.38. The standard InChI is InChI=1S/C19H26Cl3N3O4/c20-19(21,22)18(23-17(26)14-7-1-2-9-16(14)25(27)28)29-12-13-6-5-11-24-10-4-3-8-15(13)24/h1-2,7,9,13,15,18,25,27H,3-6,8,10-12H2,(H,23,26)/t13-,15-,18-/m1/s1. The molecule has 0 aliphatic carbocycles. The third-order valence-corrected chi connectivity index (χ3v) is 6.26. The minimum atomic E-state index is -1.89. The third kappa shape index (κ3) is 5.95. The summed E-state index contributed by atoms with van der Waals surface area (Å²) in [6, 6.07) is 6.34. The fraction of sp³-hybridized carbons (Fsp3) is 0.632. The summed E-state index contributed by atoms with van der Waals surface area (Å²) in [7, 11) is 0. The number of nitrogens with one attached hydrogen (secondary N) is 2. The average molecular weight is 467 g/mol. The van der Waals surface area contributed by atoms with Crippen LogP contribution in [0.15, 0.2) is 24.3 Å². The van der Waals surface area contributed by atoms with Crippen molar-refractivity contribution >= 4 is 46.4 Å². The van der Waals surface area contributed by atoms with Crippen LogP contribution in [-0.4, -0.2) is 51.8 Å². The minimum absolute atomic E-state index is 0.0148. The molecule has 2 saturated heterocycles. The number of hydrogen-bond acceptors (Lipinski definition) is 5. The van der Waals surface area contributed by atoms with Crippen LogP contribution in [0.3, 0.4) is 0 Å². The monoisotopic (exact) mass is 465 g/mol. The van der Waals surface area contributed by atoms with Gasteiger partial charge in [-0.3, -0.25) is 4.79 Å². The van der Waals surface area contributed by atoms with E-state index in [9.17, 15) is 15.2 Å². The maximum atomic E-state index is 12.7. The number of rotatable bonds is 6. The van der Waals surface area contributed by atoms with Gasteiger partial charge in [0.1, 0.15) is 5.56 Å². The Labute approximate surface area is 185 Å². The zero-order valence-corrected chi connectivity index (χ0v) is 18.2. The van der Waals surface area contributed by atoms with Gasteiger partial charge in [0, 0.05) is 12.1 Å². The number of halogens is 3. The van der Waals surface area contributed by atoms with E-state index < -0.39 is 21.2 Å². The molecular weight excluding hydrogens is 441 g/mol. The van der Waals surface area contributed by atoms with Gasteiger partial charge in [-0.05, 0) is 50.8 Å². The molecule has 7 nitrogen and oxygen atoms in total. The van der Waals surface area contributed by atoms with E-state index in [4.69, 9.17) is 39.5 Å². The summed E-state index contributed by atoms with van der Waals surface area (Å²) >= 11 is 18.2. The van der Waals surface area contributed by atoms with E-state index >= 15 is 0 Å². The number of para-hydroxylation sites is 1. The molecule has 0 radical (unpaired) electrons. The topological polar surface area (TPSA) is 89.3 Å². The lowest BCUT2D eigenvalue weighted by atomic mass is 9.84. The van der Waals surface area contributed by atoms with E-state index in [2.05, 4.69) is 10.2 Å². The van der Waals surface area contributed by atoms with Gasteiger partial charge < -0.3 is 20.2 Å². The van der Waals surface area contributed by atoms with Crippen LogP contribution < -0.4 is 10.5 Å². The second-order valence-corrected chi connectivity index (χ2v) is 9.95. The first-order valence-corrected chi connectivity index (χ1v) is 11.0. The number of nitrogens with zero attached hydrogens (tertiary/aromatic N) is 1. The summed E-state index contributed by atoms with van der Waals surface area (Å²) in [6.07, 6.45) is 4.49. The Hall–Kier alpha value is -0.640. The number of fused-ring (bicyclic) bond motifs is 1. The molecule has 10 heteroatoms. The number of carbonyl (C=O) groups is 1. The number of quaternary nitrogens is 1. The van der Waals surface area contributed by atoms with Crippen molar-refractivity contribution in [3.63, 3.8) is 0 Å². The van der Waals surface area contributed by atoms with Crippen molar-refractivity contribution in [2.45, 2.75) is 48.2 Å². The molecule has 1 unspecified atom stereocenters. The molecule has 2 aliphatic heterocycles. The smallest absolute Gasteiger partial charge is 0.259 e. The van der Waals surface area contributed by atoms with E-state index in [0.29, 0.717) is 18.6 Å². The normalized spacial score (nSPS) is 25.1. The molecule has 2 aliphatic rings. The zero-order valence-electron chi connectivity index (χ0n) is 16.0. The minimum Gasteiger partial charge on any atom is -0.595 e. The number of alkyl halides is 3. The van der Waals surface area contributed by atoms with Gasteiger partial charge in [0.05, 0.1) is 6.61 Å². The van der Waals surface area contributed by atoms with Crippen molar-refractivity contribution in [3.05, 3.63) is 35.0 Å². The van der Waals surface area contributed by atoms with Crippen LogP contribution in [0, 0.1) is 11.1 Å². The van der Waals surface area contributed by atoms with E-state index in [1.54, 1.807) is 12.1 Å². The van der Waals surface area contributed by atoms with Gasteiger partial charge >= 0.3 is 0 Å². The summed E-state index contributed by atoms with van der Waals surface area (Å²) in [5, 5.41) is 22.0. The molecule has 29 heavy (non-hydrogen) atoms. The molecule has 2 fully saturated rings. The van der Waals surface area contributed by atoms with Crippen molar-refractivity contribution in [2.75, 3.05) is 19.7 Å². The second kappa shape index (κ2) is 10.1. The Kier molecular flexibility index (Phi) is 8.03. The number of piperidine rings is 2. The number of hydrogen-bond donors (Lipinski definition) is 3. The largest absolute Gasteiger partial charge is 0.595 e. The van der Waals surface area contributed by atoms with Crippen LogP contribution in [0.4, 0.5) is 5.69 Å². The molecule has 3 rings (SSSR count). The van der Waals surface area contributed by atoms with Gasteiger partial charge in [-0.15, -0.1) is 0 Å². The van der Waals surface area contributed by atoms with Crippen LogP contribution in [0.5, 0.6) is 0 Å². The SMILES string of the molecule is O=C(N[C@H](OC[C@H]1CCCN2CCCC[C@H]12)C(Cl)(Cl)Cl)c1ccccc1[NH+]([O-])O. The number of benzene rings is 1. The summed E-state index contributed by atoms with van der Waals surface area (Å²) in [6.45, 7) is 2.58. The van der Waals surface area contributed by atoms with Gasteiger partial charge in [-0.2, -0.15) is 5.23 Å². The number of amides is 1. The molecule has 1 aromatic rings. The van der Waals surface area contributed by atoms with Gasteiger partial charge in [-0.1, -0.05) is 53.4 Å². The molecule has 0 saturated carbocycles. The molecule has 1 aromatic carbocycles. The molecule has 4 atom stereocenters. The van der Waals surface area contributed by atoms with Crippen molar-refractivity contribution in [1.29, 1.82) is 0 Å². The van der Waals surface area contributed by atoms with Crippen LogP contribution >= 0.6 is 34.8 Å². The Morgan fingerprint density at radius 3 is 2.72 bits per heavy atom. The zero-order chi connectivity index (χ0) is 21.0. The van der Waals surface area contributed by atoms with Crippen molar-refractivity contribution in [2.24, 2.45) is 5.92 Å². The van der Waals surface area contributed by atoms with Crippen molar-refractivity contribution in [1.82, 2.24) is 10.2 Å². The first kappa shape index (κ1) is 23.0. The lowest BCUT2D eigenvalue weighted by Gasteiger charge is -2.44. The van der Waals surface area contributed by atoms with Gasteiger partial charge in [0.2, 0.25) is 3.79 Å². The van der Waals surface area contributed by atoms with Crippen LogP contribution in [-0.2, 0) is 4.74 Å². The summed E-state index contributed by atoms with van der Waals surface area (Å²) in [4.78, 5) is 15.2. The third-order valence-electron chi connectivity index (χ3n) is 5.67. The summed E-state index contributed by atoms with van der Waals surface area (Å²) in [5.41, 5.74) is -0.142. The van der Waals surface area contributed by atoms with Crippen LogP contribution in [0.2, 0.25) is 0 Å². The van der Waals surface area contributed by atoms with Crippen molar-refractivity contribution in [3.8, 4) is 0 Å². The Morgan fingerprint density at radius 1 is 1.28 bits per heavy atom. The maximum Gasteiger partial charge on any atom is 0.259 e. The van der Waals surface area contributed by atoms with E-state index in [0.717, 1.165) is 32.4 Å². The molecule has 0 spiro atoms. The Balaban J connectivity index is 1.67. The molecular formula is C19H26Cl3N3O4. The molecule has 162 valence electrons. The first-order chi connectivity index (χ1) is 13.8. The second-order valence-electron chi connectivity index (χ2n) is 7.58. The van der Waals surface area contributed by atoms with E-state index in [-0.39, 0.29) is 11.3 Å². The van der Waals surface area contributed by atoms with Crippen LogP contribution in [0.1, 0.15) is 42.5 Å². The summed E-state index contributed by atoms with van der Waals surface area (Å²) in [5.74, 6) is -0.357.